The minimum atomic E-state index is 0.378. The van der Waals surface area contributed by atoms with Gasteiger partial charge in [0.2, 0.25) is 0 Å². The van der Waals surface area contributed by atoms with Gasteiger partial charge in [-0.2, -0.15) is 0 Å². The minimum Gasteiger partial charge on any atom is -0.363 e. The van der Waals surface area contributed by atoms with Crippen LogP contribution in [0.1, 0.15) is 35.8 Å². The molecule has 0 aromatic carbocycles. The van der Waals surface area contributed by atoms with E-state index in [1.807, 2.05) is 31.3 Å². The molecule has 0 saturated heterocycles. The van der Waals surface area contributed by atoms with Crippen LogP contribution in [0, 0.1) is 0 Å². The third kappa shape index (κ3) is 3.09. The number of aryl methyl sites for hydroxylation is 1. The molecule has 2 heterocycles. The number of aromatic nitrogens is 3. The SMILES string of the molecule is CN(C)c1cc(CN(C)C2CCCc3cccnc32)ncn1. The quantitative estimate of drug-likeness (QED) is 0.867. The molecule has 0 N–H and O–H groups in total. The summed E-state index contributed by atoms with van der Waals surface area (Å²) in [5, 5.41) is 0. The third-order valence-corrected chi connectivity index (χ3v) is 4.28. The zero-order valence-corrected chi connectivity index (χ0v) is 13.5. The van der Waals surface area contributed by atoms with Crippen molar-refractivity contribution >= 4 is 5.82 Å². The normalized spacial score (nSPS) is 17.4. The van der Waals surface area contributed by atoms with Gasteiger partial charge in [-0.25, -0.2) is 9.97 Å². The van der Waals surface area contributed by atoms with E-state index >= 15 is 0 Å². The standard InChI is InChI=1S/C17H23N5/c1-21(2)16-10-14(19-12-20-16)11-22(3)15-8-4-6-13-7-5-9-18-17(13)15/h5,7,9-10,12,15H,4,6,8,11H2,1-3H3. The summed E-state index contributed by atoms with van der Waals surface area (Å²) >= 11 is 0. The van der Waals surface area contributed by atoms with E-state index in [0.717, 1.165) is 30.9 Å². The van der Waals surface area contributed by atoms with E-state index < -0.39 is 0 Å². The molecule has 0 aliphatic heterocycles. The van der Waals surface area contributed by atoms with Crippen molar-refractivity contribution in [1.29, 1.82) is 0 Å². The van der Waals surface area contributed by atoms with Crippen molar-refractivity contribution in [2.45, 2.75) is 31.8 Å². The Bertz CT molecular complexity index is 640. The fraction of sp³-hybridized carbons (Fsp3) is 0.471. The van der Waals surface area contributed by atoms with Gasteiger partial charge in [-0.15, -0.1) is 0 Å². The summed E-state index contributed by atoms with van der Waals surface area (Å²) in [6.45, 7) is 0.810. The first-order valence-electron chi connectivity index (χ1n) is 7.77. The molecule has 0 saturated carbocycles. The van der Waals surface area contributed by atoms with Crippen LogP contribution in [-0.4, -0.2) is 41.0 Å². The van der Waals surface area contributed by atoms with E-state index in [4.69, 9.17) is 0 Å². The van der Waals surface area contributed by atoms with E-state index in [1.54, 1.807) is 6.33 Å². The monoisotopic (exact) mass is 297 g/mol. The number of pyridine rings is 1. The summed E-state index contributed by atoms with van der Waals surface area (Å²) in [6, 6.07) is 6.67. The molecular formula is C17H23N5. The number of anilines is 1. The maximum absolute atomic E-state index is 4.63. The Morgan fingerprint density at radius 3 is 2.86 bits per heavy atom. The zero-order chi connectivity index (χ0) is 15.5. The number of hydrogen-bond acceptors (Lipinski definition) is 5. The van der Waals surface area contributed by atoms with Gasteiger partial charge in [0.15, 0.2) is 0 Å². The van der Waals surface area contributed by atoms with Crippen molar-refractivity contribution in [3.05, 3.63) is 47.7 Å². The predicted octanol–water partition coefficient (Wildman–Crippen LogP) is 2.45. The molecule has 1 aliphatic carbocycles. The Morgan fingerprint density at radius 2 is 2.05 bits per heavy atom. The van der Waals surface area contributed by atoms with Crippen molar-refractivity contribution in [2.24, 2.45) is 0 Å². The second-order valence-electron chi connectivity index (χ2n) is 6.13. The summed E-state index contributed by atoms with van der Waals surface area (Å²) < 4.78 is 0. The van der Waals surface area contributed by atoms with Gasteiger partial charge in [-0.05, 0) is 37.9 Å². The molecule has 2 aromatic heterocycles. The topological polar surface area (TPSA) is 45.2 Å². The second kappa shape index (κ2) is 6.40. The number of rotatable bonds is 4. The second-order valence-corrected chi connectivity index (χ2v) is 6.13. The Labute approximate surface area is 132 Å². The minimum absolute atomic E-state index is 0.378. The highest BCUT2D eigenvalue weighted by atomic mass is 15.2. The summed E-state index contributed by atoms with van der Waals surface area (Å²) in [5.74, 6) is 0.945. The molecule has 5 heteroatoms. The lowest BCUT2D eigenvalue weighted by Crippen LogP contribution is -2.28. The third-order valence-electron chi connectivity index (χ3n) is 4.28. The van der Waals surface area contributed by atoms with Crippen molar-refractivity contribution in [2.75, 3.05) is 26.0 Å². The van der Waals surface area contributed by atoms with Gasteiger partial charge in [-0.3, -0.25) is 9.88 Å². The smallest absolute Gasteiger partial charge is 0.131 e. The van der Waals surface area contributed by atoms with E-state index in [9.17, 15) is 0 Å². The van der Waals surface area contributed by atoms with E-state index in [0.29, 0.717) is 6.04 Å². The maximum Gasteiger partial charge on any atom is 0.131 e. The van der Waals surface area contributed by atoms with Gasteiger partial charge in [0, 0.05) is 32.9 Å². The zero-order valence-electron chi connectivity index (χ0n) is 13.5. The van der Waals surface area contributed by atoms with Crippen LogP contribution in [0.3, 0.4) is 0 Å². The van der Waals surface area contributed by atoms with Crippen molar-refractivity contribution in [3.8, 4) is 0 Å². The molecule has 1 aliphatic rings. The Hall–Kier alpha value is -2.01. The average Bonchev–Trinajstić information content (AvgIpc) is 2.54. The highest BCUT2D eigenvalue weighted by Gasteiger charge is 2.25. The fourth-order valence-corrected chi connectivity index (χ4v) is 3.10. The number of fused-ring (bicyclic) bond motifs is 1. The van der Waals surface area contributed by atoms with Gasteiger partial charge in [-0.1, -0.05) is 6.07 Å². The van der Waals surface area contributed by atoms with Crippen molar-refractivity contribution in [1.82, 2.24) is 19.9 Å². The van der Waals surface area contributed by atoms with Gasteiger partial charge in [0.05, 0.1) is 17.4 Å². The molecule has 0 fully saturated rings. The average molecular weight is 297 g/mol. The first-order valence-corrected chi connectivity index (χ1v) is 7.77. The molecule has 1 unspecified atom stereocenters. The molecule has 5 nitrogen and oxygen atoms in total. The molecule has 0 bridgehead atoms. The Balaban J connectivity index is 1.78. The van der Waals surface area contributed by atoms with Crippen molar-refractivity contribution in [3.63, 3.8) is 0 Å². The van der Waals surface area contributed by atoms with Crippen molar-refractivity contribution < 1.29 is 0 Å². The predicted molar refractivity (Wildman–Crippen MR) is 87.7 cm³/mol. The molecule has 116 valence electrons. The molecule has 0 radical (unpaired) electrons. The number of hydrogen-bond donors (Lipinski definition) is 0. The van der Waals surface area contributed by atoms with Gasteiger partial charge >= 0.3 is 0 Å². The highest BCUT2D eigenvalue weighted by Crippen LogP contribution is 2.32. The summed E-state index contributed by atoms with van der Waals surface area (Å²) in [4.78, 5) is 17.7. The lowest BCUT2D eigenvalue weighted by Gasteiger charge is -2.32. The highest BCUT2D eigenvalue weighted by molar-refractivity contribution is 5.36. The van der Waals surface area contributed by atoms with Gasteiger partial charge in [0.25, 0.3) is 0 Å². The van der Waals surface area contributed by atoms with Crippen LogP contribution in [0.5, 0.6) is 0 Å². The Kier molecular flexibility index (Phi) is 4.34. The van der Waals surface area contributed by atoms with Crippen LogP contribution in [0.2, 0.25) is 0 Å². The first kappa shape index (κ1) is 14.9. The van der Waals surface area contributed by atoms with Gasteiger partial charge in [0.1, 0.15) is 12.1 Å². The van der Waals surface area contributed by atoms with Crippen LogP contribution in [0.25, 0.3) is 0 Å². The van der Waals surface area contributed by atoms with Crippen LogP contribution in [0.4, 0.5) is 5.82 Å². The van der Waals surface area contributed by atoms with E-state index in [1.165, 1.54) is 17.7 Å². The maximum atomic E-state index is 4.63. The molecule has 22 heavy (non-hydrogen) atoms. The molecule has 0 spiro atoms. The summed E-state index contributed by atoms with van der Waals surface area (Å²) in [7, 11) is 6.15. The summed E-state index contributed by atoms with van der Waals surface area (Å²) in [5.41, 5.74) is 3.67. The van der Waals surface area contributed by atoms with Crippen LogP contribution in [0.15, 0.2) is 30.7 Å². The van der Waals surface area contributed by atoms with Crippen LogP contribution in [-0.2, 0) is 13.0 Å². The lowest BCUT2D eigenvalue weighted by molar-refractivity contribution is 0.206. The Morgan fingerprint density at radius 1 is 1.18 bits per heavy atom. The first-order chi connectivity index (χ1) is 10.6. The van der Waals surface area contributed by atoms with Crippen LogP contribution < -0.4 is 4.90 Å². The number of nitrogens with zero attached hydrogens (tertiary/aromatic N) is 5. The molecule has 3 rings (SSSR count). The largest absolute Gasteiger partial charge is 0.363 e. The van der Waals surface area contributed by atoms with E-state index in [2.05, 4.69) is 39.0 Å². The molecule has 2 aromatic rings. The van der Waals surface area contributed by atoms with Crippen LogP contribution >= 0.6 is 0 Å². The lowest BCUT2D eigenvalue weighted by atomic mass is 9.91. The molecular weight excluding hydrogens is 274 g/mol. The van der Waals surface area contributed by atoms with E-state index in [-0.39, 0.29) is 0 Å². The fourth-order valence-electron chi connectivity index (χ4n) is 3.10. The summed E-state index contributed by atoms with van der Waals surface area (Å²) in [6.07, 6.45) is 7.07. The molecule has 1 atom stereocenters. The molecule has 0 amide bonds. The van der Waals surface area contributed by atoms with Gasteiger partial charge < -0.3 is 4.90 Å².